The zero-order valence-electron chi connectivity index (χ0n) is 9.51. The van der Waals surface area contributed by atoms with Crippen molar-refractivity contribution in [2.24, 2.45) is 5.73 Å². The summed E-state index contributed by atoms with van der Waals surface area (Å²) >= 11 is 0. The van der Waals surface area contributed by atoms with Crippen molar-refractivity contribution in [1.82, 2.24) is 0 Å². The number of aliphatic hydroxyl groups excluding tert-OH is 1. The van der Waals surface area contributed by atoms with Crippen LogP contribution < -0.4 is 15.4 Å². The molecule has 5 heteroatoms. The number of fused-ring (bicyclic) bond motifs is 2. The molecule has 4 atom stereocenters. The maximum absolute atomic E-state index is 13.1. The highest BCUT2D eigenvalue weighted by Crippen LogP contribution is 2.40. The van der Waals surface area contributed by atoms with Crippen molar-refractivity contribution in [1.29, 1.82) is 0 Å². The van der Waals surface area contributed by atoms with Crippen molar-refractivity contribution in [3.63, 3.8) is 0 Å². The average Bonchev–Trinajstić information content (AvgIpc) is 2.54. The van der Waals surface area contributed by atoms with Gasteiger partial charge in [-0.25, -0.2) is 4.39 Å². The Morgan fingerprint density at radius 2 is 2.29 bits per heavy atom. The van der Waals surface area contributed by atoms with Gasteiger partial charge in [0.1, 0.15) is 17.7 Å². The molecule has 0 aromatic heterocycles. The van der Waals surface area contributed by atoms with E-state index in [0.29, 0.717) is 12.2 Å². The highest BCUT2D eigenvalue weighted by atomic mass is 19.1. The third kappa shape index (κ3) is 1.50. The van der Waals surface area contributed by atoms with Crippen molar-refractivity contribution < 1.29 is 14.2 Å². The van der Waals surface area contributed by atoms with E-state index in [0.717, 1.165) is 5.69 Å². The second-order valence-corrected chi connectivity index (χ2v) is 4.76. The lowest BCUT2D eigenvalue weighted by atomic mass is 10.1. The Hall–Kier alpha value is -1.33. The molecule has 3 rings (SSSR count). The maximum atomic E-state index is 13.1. The Labute approximate surface area is 98.8 Å². The Bertz CT molecular complexity index is 454. The van der Waals surface area contributed by atoms with Crippen LogP contribution >= 0.6 is 0 Å². The van der Waals surface area contributed by atoms with Gasteiger partial charge in [-0.2, -0.15) is 0 Å². The topological polar surface area (TPSA) is 58.7 Å². The van der Waals surface area contributed by atoms with Crippen molar-refractivity contribution in [3.05, 3.63) is 24.0 Å². The monoisotopic (exact) mass is 238 g/mol. The van der Waals surface area contributed by atoms with E-state index in [1.807, 2.05) is 11.9 Å². The first-order chi connectivity index (χ1) is 8.08. The molecule has 92 valence electrons. The lowest BCUT2D eigenvalue weighted by Crippen LogP contribution is -2.51. The fourth-order valence-electron chi connectivity index (χ4n) is 2.81. The summed E-state index contributed by atoms with van der Waals surface area (Å²) in [4.78, 5) is 1.93. The molecule has 1 aliphatic heterocycles. The SMILES string of the molecule is CN1c2ccc(F)cc2O[C@@H]2C[C@@H](N)[C@@H](O)[C@@H]21. The van der Waals surface area contributed by atoms with E-state index < -0.39 is 6.10 Å². The Kier molecular flexibility index (Phi) is 2.27. The fraction of sp³-hybridized carbons (Fsp3) is 0.500. The number of rotatable bonds is 0. The molecule has 0 unspecified atom stereocenters. The molecule has 1 aromatic carbocycles. The van der Waals surface area contributed by atoms with Gasteiger partial charge in [-0.3, -0.25) is 0 Å². The van der Waals surface area contributed by atoms with Crippen LogP contribution in [0.2, 0.25) is 0 Å². The van der Waals surface area contributed by atoms with Gasteiger partial charge in [0.25, 0.3) is 0 Å². The average molecular weight is 238 g/mol. The molecule has 1 heterocycles. The van der Waals surface area contributed by atoms with E-state index >= 15 is 0 Å². The zero-order valence-corrected chi connectivity index (χ0v) is 9.51. The molecular formula is C12H15FN2O2. The van der Waals surface area contributed by atoms with Crippen molar-refractivity contribution >= 4 is 5.69 Å². The van der Waals surface area contributed by atoms with Crippen LogP contribution in [-0.2, 0) is 0 Å². The van der Waals surface area contributed by atoms with Gasteiger partial charge in [0.2, 0.25) is 0 Å². The lowest BCUT2D eigenvalue weighted by Gasteiger charge is -2.39. The highest BCUT2D eigenvalue weighted by molar-refractivity contribution is 5.61. The summed E-state index contributed by atoms with van der Waals surface area (Å²) < 4.78 is 18.9. The molecule has 4 nitrogen and oxygen atoms in total. The number of benzene rings is 1. The van der Waals surface area contributed by atoms with E-state index in [2.05, 4.69) is 0 Å². The standard InChI is InChI=1S/C12H15FN2O2/c1-15-8-3-2-6(13)4-9(8)17-10-5-7(14)12(16)11(10)15/h2-4,7,10-12,16H,5,14H2,1H3/t7-,10-,11-,12-/m1/s1. The van der Waals surface area contributed by atoms with Gasteiger partial charge >= 0.3 is 0 Å². The third-order valence-corrected chi connectivity index (χ3v) is 3.70. The van der Waals surface area contributed by atoms with Gasteiger partial charge < -0.3 is 20.5 Å². The van der Waals surface area contributed by atoms with Crippen LogP contribution in [0, 0.1) is 5.82 Å². The number of nitrogens with two attached hydrogens (primary N) is 1. The number of halogens is 1. The van der Waals surface area contributed by atoms with Crippen LogP contribution in [0.5, 0.6) is 5.75 Å². The predicted octanol–water partition coefficient (Wildman–Crippen LogP) is 0.483. The second kappa shape index (κ2) is 3.58. The molecule has 0 amide bonds. The second-order valence-electron chi connectivity index (χ2n) is 4.76. The molecular weight excluding hydrogens is 223 g/mol. The zero-order chi connectivity index (χ0) is 12.2. The van der Waals surface area contributed by atoms with E-state index in [9.17, 15) is 9.50 Å². The summed E-state index contributed by atoms with van der Waals surface area (Å²) in [6.45, 7) is 0. The number of hydrogen-bond donors (Lipinski definition) is 2. The maximum Gasteiger partial charge on any atom is 0.146 e. The van der Waals surface area contributed by atoms with Gasteiger partial charge in [-0.05, 0) is 12.1 Å². The summed E-state index contributed by atoms with van der Waals surface area (Å²) in [7, 11) is 1.87. The molecule has 0 saturated heterocycles. The first kappa shape index (κ1) is 10.8. The quantitative estimate of drug-likeness (QED) is 0.690. The highest BCUT2D eigenvalue weighted by Gasteiger charge is 2.47. The minimum Gasteiger partial charge on any atom is -0.486 e. The molecule has 0 spiro atoms. The molecule has 3 N–H and O–H groups in total. The summed E-state index contributed by atoms with van der Waals surface area (Å²) in [6, 6.07) is 3.99. The van der Waals surface area contributed by atoms with E-state index in [4.69, 9.17) is 10.5 Å². The normalized spacial score (nSPS) is 35.2. The summed E-state index contributed by atoms with van der Waals surface area (Å²) in [6.07, 6.45) is -0.186. The van der Waals surface area contributed by atoms with Crippen LogP contribution in [0.25, 0.3) is 0 Å². The molecule has 0 radical (unpaired) electrons. The van der Waals surface area contributed by atoms with Crippen molar-refractivity contribution in [2.75, 3.05) is 11.9 Å². The van der Waals surface area contributed by atoms with E-state index in [-0.39, 0.29) is 24.0 Å². The minimum atomic E-state index is -0.608. The summed E-state index contributed by atoms with van der Waals surface area (Å²) in [5.41, 5.74) is 6.63. The molecule has 0 bridgehead atoms. The number of ether oxygens (including phenoxy) is 1. The fourth-order valence-corrected chi connectivity index (χ4v) is 2.81. The first-order valence-corrected chi connectivity index (χ1v) is 5.70. The van der Waals surface area contributed by atoms with Crippen LogP contribution in [0.1, 0.15) is 6.42 Å². The molecule has 2 aliphatic rings. The molecule has 1 saturated carbocycles. The number of hydrogen-bond acceptors (Lipinski definition) is 4. The smallest absolute Gasteiger partial charge is 0.146 e. The number of nitrogens with zero attached hydrogens (tertiary/aromatic N) is 1. The van der Waals surface area contributed by atoms with Gasteiger partial charge in [-0.1, -0.05) is 0 Å². The van der Waals surface area contributed by atoms with Crippen LogP contribution in [0.3, 0.4) is 0 Å². The molecule has 1 aromatic rings. The Morgan fingerprint density at radius 1 is 1.53 bits per heavy atom. The molecule has 1 aliphatic carbocycles. The van der Waals surface area contributed by atoms with Gasteiger partial charge in [0, 0.05) is 25.6 Å². The van der Waals surface area contributed by atoms with Gasteiger partial charge in [0.05, 0.1) is 17.8 Å². The Balaban J connectivity index is 2.02. The number of likely N-dealkylation sites (N-methyl/N-ethyl adjacent to an activating group) is 1. The van der Waals surface area contributed by atoms with Crippen LogP contribution in [-0.4, -0.2) is 36.4 Å². The van der Waals surface area contributed by atoms with Gasteiger partial charge in [-0.15, -0.1) is 0 Å². The van der Waals surface area contributed by atoms with E-state index in [1.165, 1.54) is 12.1 Å². The largest absolute Gasteiger partial charge is 0.486 e. The van der Waals surface area contributed by atoms with Crippen LogP contribution in [0.15, 0.2) is 18.2 Å². The number of anilines is 1. The predicted molar refractivity (Wildman–Crippen MR) is 61.6 cm³/mol. The third-order valence-electron chi connectivity index (χ3n) is 3.70. The van der Waals surface area contributed by atoms with Gasteiger partial charge in [0.15, 0.2) is 0 Å². The molecule has 1 fully saturated rings. The lowest BCUT2D eigenvalue weighted by molar-refractivity contribution is 0.106. The first-order valence-electron chi connectivity index (χ1n) is 5.70. The minimum absolute atomic E-state index is 0.150. The van der Waals surface area contributed by atoms with E-state index in [1.54, 1.807) is 6.07 Å². The van der Waals surface area contributed by atoms with Crippen molar-refractivity contribution in [2.45, 2.75) is 30.7 Å². The number of aliphatic hydroxyl groups is 1. The molecule has 17 heavy (non-hydrogen) atoms. The Morgan fingerprint density at radius 3 is 3.06 bits per heavy atom. The van der Waals surface area contributed by atoms with Crippen molar-refractivity contribution in [3.8, 4) is 5.75 Å². The van der Waals surface area contributed by atoms with Crippen LogP contribution in [0.4, 0.5) is 10.1 Å². The summed E-state index contributed by atoms with van der Waals surface area (Å²) in [5.74, 6) is 0.202. The summed E-state index contributed by atoms with van der Waals surface area (Å²) in [5, 5.41) is 10.0.